The highest BCUT2D eigenvalue weighted by atomic mass is 32.2. The molecule has 1 unspecified atom stereocenters. The molecule has 0 aromatic rings. The maximum Gasteiger partial charge on any atom is 0.0677 e. The number of hydrogen-bond acceptors (Lipinski definition) is 2. The Bertz CT molecular complexity index is 94.7. The lowest BCUT2D eigenvalue weighted by Gasteiger charge is -2.00. The second-order valence-electron chi connectivity index (χ2n) is 2.02. The van der Waals surface area contributed by atoms with Crippen molar-refractivity contribution < 1.29 is 0 Å². The fraction of sp³-hybridized carbons (Fsp3) is 0.667. The van der Waals surface area contributed by atoms with Gasteiger partial charge in [0.1, 0.15) is 0 Å². The Morgan fingerprint density at radius 2 is 2.62 bits per heavy atom. The molecule has 0 N–H and O–H groups in total. The smallest absolute Gasteiger partial charge is 0.0677 e. The van der Waals surface area contributed by atoms with E-state index in [1.54, 1.807) is 0 Å². The van der Waals surface area contributed by atoms with Gasteiger partial charge in [-0.1, -0.05) is 6.08 Å². The van der Waals surface area contributed by atoms with Gasteiger partial charge in [0.15, 0.2) is 0 Å². The second kappa shape index (κ2) is 2.36. The molecule has 0 aromatic carbocycles. The molecule has 1 saturated heterocycles. The Hall–Kier alpha value is 0.440. The van der Waals surface area contributed by atoms with E-state index in [2.05, 4.69) is 13.5 Å². The van der Waals surface area contributed by atoms with Gasteiger partial charge in [0.05, 0.1) is 4.08 Å². The summed E-state index contributed by atoms with van der Waals surface area (Å²) in [5, 5.41) is 0. The Kier molecular flexibility index (Phi) is 1.93. The van der Waals surface area contributed by atoms with E-state index < -0.39 is 0 Å². The fourth-order valence-electron chi connectivity index (χ4n) is 0.420. The van der Waals surface area contributed by atoms with Crippen LogP contribution in [0.2, 0.25) is 0 Å². The second-order valence-corrected chi connectivity index (χ2v) is 5.28. The summed E-state index contributed by atoms with van der Waals surface area (Å²) >= 11 is 4.02. The molecule has 8 heavy (non-hydrogen) atoms. The van der Waals surface area contributed by atoms with Crippen LogP contribution in [-0.2, 0) is 0 Å². The first kappa shape index (κ1) is 6.56. The molecule has 1 aliphatic rings. The maximum atomic E-state index is 3.66. The van der Waals surface area contributed by atoms with Crippen molar-refractivity contribution >= 4 is 23.5 Å². The molecule has 0 aliphatic carbocycles. The predicted octanol–water partition coefficient (Wildman–Crippen LogP) is 2.37. The van der Waals surface area contributed by atoms with E-state index in [4.69, 9.17) is 0 Å². The summed E-state index contributed by atoms with van der Waals surface area (Å²) in [6.45, 7) is 5.94. The number of rotatable bonds is 3. The molecule has 0 nitrogen and oxygen atoms in total. The third kappa shape index (κ3) is 1.75. The predicted molar refractivity (Wildman–Crippen MR) is 43.5 cm³/mol. The van der Waals surface area contributed by atoms with Crippen molar-refractivity contribution in [1.29, 1.82) is 0 Å². The summed E-state index contributed by atoms with van der Waals surface area (Å²) < 4.78 is 0.564. The van der Waals surface area contributed by atoms with E-state index >= 15 is 0 Å². The SMILES string of the molecule is C=CCSC1(C)CS1. The fourth-order valence-corrected chi connectivity index (χ4v) is 2.14. The Morgan fingerprint density at radius 3 is 3.00 bits per heavy atom. The minimum absolute atomic E-state index is 0.564. The summed E-state index contributed by atoms with van der Waals surface area (Å²) in [5.74, 6) is 2.43. The van der Waals surface area contributed by atoms with Gasteiger partial charge in [-0.3, -0.25) is 0 Å². The van der Waals surface area contributed by atoms with Crippen LogP contribution < -0.4 is 0 Å². The van der Waals surface area contributed by atoms with Gasteiger partial charge in [0, 0.05) is 11.5 Å². The molecule has 1 fully saturated rings. The van der Waals surface area contributed by atoms with E-state index in [-0.39, 0.29) is 0 Å². The van der Waals surface area contributed by atoms with E-state index in [1.165, 1.54) is 5.75 Å². The lowest BCUT2D eigenvalue weighted by molar-refractivity contribution is 1.16. The lowest BCUT2D eigenvalue weighted by atomic mass is 10.6. The number of thioether (sulfide) groups is 2. The summed E-state index contributed by atoms with van der Waals surface area (Å²) in [6, 6.07) is 0. The maximum absolute atomic E-state index is 3.66. The molecule has 0 aromatic heterocycles. The van der Waals surface area contributed by atoms with Crippen LogP contribution in [0.15, 0.2) is 12.7 Å². The van der Waals surface area contributed by atoms with Crippen LogP contribution in [-0.4, -0.2) is 15.6 Å². The third-order valence-electron chi connectivity index (χ3n) is 1.06. The molecular formula is C6H10S2. The van der Waals surface area contributed by atoms with Gasteiger partial charge in [-0.25, -0.2) is 0 Å². The molecule has 1 rings (SSSR count). The van der Waals surface area contributed by atoms with Crippen LogP contribution in [0, 0.1) is 0 Å². The molecule has 0 spiro atoms. The van der Waals surface area contributed by atoms with Crippen LogP contribution in [0.3, 0.4) is 0 Å². The van der Waals surface area contributed by atoms with Gasteiger partial charge in [0.2, 0.25) is 0 Å². The first-order chi connectivity index (χ1) is 3.77. The quantitative estimate of drug-likeness (QED) is 0.443. The van der Waals surface area contributed by atoms with Gasteiger partial charge < -0.3 is 0 Å². The molecule has 0 radical (unpaired) electrons. The normalized spacial score (nSPS) is 34.6. The standard InChI is InChI=1S/C6H10S2/c1-3-4-7-6(2)5-8-6/h3H,1,4-5H2,2H3. The zero-order chi connectivity index (χ0) is 6.04. The van der Waals surface area contributed by atoms with Crippen molar-refractivity contribution in [2.75, 3.05) is 11.5 Å². The topological polar surface area (TPSA) is 0 Å². The van der Waals surface area contributed by atoms with Crippen LogP contribution in [0.25, 0.3) is 0 Å². The van der Waals surface area contributed by atoms with Crippen LogP contribution in [0.5, 0.6) is 0 Å². The van der Waals surface area contributed by atoms with Crippen LogP contribution >= 0.6 is 23.5 Å². The van der Waals surface area contributed by atoms with Crippen molar-refractivity contribution in [3.8, 4) is 0 Å². The molecule has 0 saturated carbocycles. The van der Waals surface area contributed by atoms with Gasteiger partial charge in [-0.15, -0.1) is 30.1 Å². The Labute approximate surface area is 59.1 Å². The number of hydrogen-bond donors (Lipinski definition) is 0. The minimum atomic E-state index is 0.564. The molecule has 1 atom stereocenters. The zero-order valence-electron chi connectivity index (χ0n) is 5.02. The molecule has 46 valence electrons. The van der Waals surface area contributed by atoms with Gasteiger partial charge in [0.25, 0.3) is 0 Å². The molecule has 1 heterocycles. The summed E-state index contributed by atoms with van der Waals surface area (Å²) in [6.07, 6.45) is 1.97. The van der Waals surface area contributed by atoms with Gasteiger partial charge in [-0.05, 0) is 6.92 Å². The molecule has 0 amide bonds. The highest BCUT2D eigenvalue weighted by Gasteiger charge is 2.38. The molecule has 2 heteroatoms. The van der Waals surface area contributed by atoms with Crippen molar-refractivity contribution in [1.82, 2.24) is 0 Å². The van der Waals surface area contributed by atoms with Crippen LogP contribution in [0.1, 0.15) is 6.92 Å². The average molecular weight is 146 g/mol. The lowest BCUT2D eigenvalue weighted by Crippen LogP contribution is -1.93. The van der Waals surface area contributed by atoms with Crippen molar-refractivity contribution in [2.24, 2.45) is 0 Å². The Morgan fingerprint density at radius 1 is 2.00 bits per heavy atom. The molecule has 0 bridgehead atoms. The Balaban J connectivity index is 2.09. The van der Waals surface area contributed by atoms with E-state index in [9.17, 15) is 0 Å². The monoisotopic (exact) mass is 146 g/mol. The highest BCUT2D eigenvalue weighted by Crippen LogP contribution is 2.52. The highest BCUT2D eigenvalue weighted by molar-refractivity contribution is 8.24. The van der Waals surface area contributed by atoms with Crippen LogP contribution in [0.4, 0.5) is 0 Å². The molecule has 1 aliphatic heterocycles. The van der Waals surface area contributed by atoms with E-state index in [1.807, 2.05) is 29.6 Å². The first-order valence-electron chi connectivity index (χ1n) is 2.66. The summed E-state index contributed by atoms with van der Waals surface area (Å²) in [4.78, 5) is 0. The van der Waals surface area contributed by atoms with E-state index in [0.29, 0.717) is 4.08 Å². The van der Waals surface area contributed by atoms with Crippen molar-refractivity contribution in [3.63, 3.8) is 0 Å². The molecular weight excluding hydrogens is 136 g/mol. The largest absolute Gasteiger partial charge is 0.141 e. The summed E-state index contributed by atoms with van der Waals surface area (Å²) in [5.41, 5.74) is 0. The van der Waals surface area contributed by atoms with Crippen molar-refractivity contribution in [3.05, 3.63) is 12.7 Å². The van der Waals surface area contributed by atoms with Gasteiger partial charge in [-0.2, -0.15) is 0 Å². The minimum Gasteiger partial charge on any atom is -0.141 e. The van der Waals surface area contributed by atoms with Crippen molar-refractivity contribution in [2.45, 2.75) is 11.0 Å². The average Bonchev–Trinajstić information content (AvgIpc) is 2.45. The van der Waals surface area contributed by atoms with Gasteiger partial charge >= 0.3 is 0 Å². The summed E-state index contributed by atoms with van der Waals surface area (Å²) in [7, 11) is 0. The zero-order valence-corrected chi connectivity index (χ0v) is 6.65. The third-order valence-corrected chi connectivity index (χ3v) is 4.23. The van der Waals surface area contributed by atoms with E-state index in [0.717, 1.165) is 5.75 Å². The first-order valence-corrected chi connectivity index (χ1v) is 4.63.